The van der Waals surface area contributed by atoms with Crippen LogP contribution in [0.2, 0.25) is 0 Å². The lowest BCUT2D eigenvalue weighted by Crippen LogP contribution is -2.62. The molecule has 314 valence electrons. The van der Waals surface area contributed by atoms with Gasteiger partial charge in [-0.15, -0.1) is 0 Å². The molecular formula is C45H74O10. The topological polar surface area (TPSA) is 160 Å². The van der Waals surface area contributed by atoms with Crippen LogP contribution in [-0.2, 0) is 28.6 Å². The molecule has 0 aromatic rings. The van der Waals surface area contributed by atoms with Gasteiger partial charge in [-0.3, -0.25) is 9.59 Å². The van der Waals surface area contributed by atoms with Crippen LogP contribution >= 0.6 is 0 Å². The van der Waals surface area contributed by atoms with Crippen LogP contribution < -0.4 is 0 Å². The van der Waals surface area contributed by atoms with Gasteiger partial charge in [0.1, 0.15) is 17.7 Å². The smallest absolute Gasteiger partial charge is 0.330 e. The molecule has 0 aromatic carbocycles. The van der Waals surface area contributed by atoms with Crippen molar-refractivity contribution in [1.82, 2.24) is 0 Å². The van der Waals surface area contributed by atoms with E-state index in [1.54, 1.807) is 47.6 Å². The second-order valence-corrected chi connectivity index (χ2v) is 17.7. The number of aliphatic hydroxyl groups excluding tert-OH is 4. The lowest BCUT2D eigenvalue weighted by molar-refractivity contribution is -0.371. The Balaban J connectivity index is 1.97. The summed E-state index contributed by atoms with van der Waals surface area (Å²) in [5.74, 6) is -6.53. The predicted molar refractivity (Wildman–Crippen MR) is 213 cm³/mol. The van der Waals surface area contributed by atoms with Crippen LogP contribution in [0.1, 0.15) is 121 Å². The molecule has 0 aromatic heterocycles. The van der Waals surface area contributed by atoms with Crippen molar-refractivity contribution in [3.63, 3.8) is 0 Å². The number of rotatable bonds is 3. The van der Waals surface area contributed by atoms with E-state index < -0.39 is 77.6 Å². The van der Waals surface area contributed by atoms with Crippen LogP contribution in [0.4, 0.5) is 0 Å². The maximum Gasteiger partial charge on any atom is 0.330 e. The van der Waals surface area contributed by atoms with E-state index in [4.69, 9.17) is 14.2 Å². The predicted octanol–water partition coefficient (Wildman–Crippen LogP) is 6.77. The summed E-state index contributed by atoms with van der Waals surface area (Å²) in [6.07, 6.45) is 11.1. The molecule has 18 atom stereocenters. The Morgan fingerprint density at radius 1 is 0.764 bits per heavy atom. The van der Waals surface area contributed by atoms with Crippen molar-refractivity contribution < 1.29 is 49.0 Å². The average Bonchev–Trinajstić information content (AvgIpc) is 3.16. The molecule has 3 heterocycles. The number of esters is 1. The molecule has 0 aliphatic carbocycles. The molecule has 0 unspecified atom stereocenters. The van der Waals surface area contributed by atoms with Crippen molar-refractivity contribution in [3.8, 4) is 0 Å². The minimum atomic E-state index is -1.30. The van der Waals surface area contributed by atoms with Gasteiger partial charge in [0, 0.05) is 53.9 Å². The molecule has 2 bridgehead atoms. The van der Waals surface area contributed by atoms with Gasteiger partial charge in [-0.2, -0.15) is 0 Å². The van der Waals surface area contributed by atoms with Crippen molar-refractivity contribution >= 4 is 17.5 Å². The lowest BCUT2D eigenvalue weighted by Gasteiger charge is -2.55. The molecule has 0 saturated carbocycles. The van der Waals surface area contributed by atoms with Crippen molar-refractivity contribution in [2.75, 3.05) is 0 Å². The molecule has 10 heteroatoms. The Hall–Kier alpha value is -2.21. The number of allylic oxidation sites excluding steroid dienone is 4. The first-order valence-electron chi connectivity index (χ1n) is 21.1. The first kappa shape index (κ1) is 47.2. The molecule has 0 amide bonds. The Morgan fingerprint density at radius 3 is 1.96 bits per heavy atom. The van der Waals surface area contributed by atoms with Crippen LogP contribution in [0.3, 0.4) is 0 Å². The molecule has 3 rings (SSSR count). The summed E-state index contributed by atoms with van der Waals surface area (Å²) >= 11 is 0. The van der Waals surface area contributed by atoms with Crippen LogP contribution in [0.15, 0.2) is 36.5 Å². The number of hydrogen-bond donors (Lipinski definition) is 4. The van der Waals surface area contributed by atoms with Gasteiger partial charge in [-0.25, -0.2) is 4.79 Å². The van der Waals surface area contributed by atoms with Crippen molar-refractivity contribution in [1.29, 1.82) is 0 Å². The minimum Gasteiger partial charge on any atom is -0.458 e. The highest BCUT2D eigenvalue weighted by Crippen LogP contribution is 2.49. The fourth-order valence-corrected chi connectivity index (χ4v) is 8.95. The van der Waals surface area contributed by atoms with E-state index in [2.05, 4.69) is 26.8 Å². The molecule has 2 fully saturated rings. The number of ketones is 2. The van der Waals surface area contributed by atoms with Crippen molar-refractivity contribution in [3.05, 3.63) is 36.5 Å². The molecule has 3 aliphatic heterocycles. The van der Waals surface area contributed by atoms with Crippen molar-refractivity contribution in [2.24, 2.45) is 59.2 Å². The quantitative estimate of drug-likeness (QED) is 0.226. The van der Waals surface area contributed by atoms with E-state index in [1.165, 1.54) is 6.08 Å². The zero-order valence-electron chi connectivity index (χ0n) is 35.5. The summed E-state index contributed by atoms with van der Waals surface area (Å²) < 4.78 is 20.0. The number of carbonyl (C=O) groups is 3. The van der Waals surface area contributed by atoms with E-state index >= 15 is 0 Å². The van der Waals surface area contributed by atoms with E-state index in [-0.39, 0.29) is 47.6 Å². The number of aliphatic hydroxyl groups is 4. The largest absolute Gasteiger partial charge is 0.458 e. The Labute approximate surface area is 331 Å². The highest BCUT2D eigenvalue weighted by atomic mass is 16.7. The minimum absolute atomic E-state index is 0.144. The number of carbonyl (C=O) groups excluding carboxylic acids is 3. The molecular weight excluding hydrogens is 700 g/mol. The zero-order chi connectivity index (χ0) is 41.4. The summed E-state index contributed by atoms with van der Waals surface area (Å²) in [4.78, 5) is 40.4. The Kier molecular flexibility index (Phi) is 18.0. The highest BCUT2D eigenvalue weighted by molar-refractivity contribution is 5.87. The van der Waals surface area contributed by atoms with E-state index in [0.717, 1.165) is 25.7 Å². The van der Waals surface area contributed by atoms with Crippen LogP contribution in [0.5, 0.6) is 0 Å². The van der Waals surface area contributed by atoms with Gasteiger partial charge in [0.25, 0.3) is 0 Å². The Morgan fingerprint density at radius 2 is 1.36 bits per heavy atom. The molecule has 10 nitrogen and oxygen atoms in total. The van der Waals surface area contributed by atoms with Crippen LogP contribution in [-0.4, -0.2) is 86.5 Å². The van der Waals surface area contributed by atoms with Crippen LogP contribution in [0, 0.1) is 59.2 Å². The van der Waals surface area contributed by atoms with Gasteiger partial charge >= 0.3 is 5.97 Å². The lowest BCUT2D eigenvalue weighted by atomic mass is 9.74. The summed E-state index contributed by atoms with van der Waals surface area (Å²) in [5.41, 5.74) is 0. The summed E-state index contributed by atoms with van der Waals surface area (Å²) in [7, 11) is 0. The fourth-order valence-electron chi connectivity index (χ4n) is 8.95. The number of fused-ring (bicyclic) bond motifs is 2. The SMILES string of the molecule is CC[C@H]1/C=C/C=C/C[C@@H](C)[C@H](O)[C@@H](C)C(=O)[C@@H](C)[C@@H](O)[C@@H](C)C(=O)[C@@H](C)[C@H](O)[C@H](C)/C=C/C(=O)O[C@H]2[C@@H](C)[C@@H](CC1)O[C@@]1(CC[C@@H](C)[C@@H](C[C@H](C)O)O1)[C@@H]2C. The molecule has 1 spiro atoms. The van der Waals surface area contributed by atoms with Gasteiger partial charge < -0.3 is 34.6 Å². The summed E-state index contributed by atoms with van der Waals surface area (Å²) in [6, 6.07) is 0. The summed E-state index contributed by atoms with van der Waals surface area (Å²) in [5, 5.41) is 43.8. The normalized spacial score (nSPS) is 46.1. The third-order valence-corrected chi connectivity index (χ3v) is 13.4. The maximum atomic E-state index is 13.5. The molecule has 0 radical (unpaired) electrons. The monoisotopic (exact) mass is 775 g/mol. The van der Waals surface area contributed by atoms with Crippen molar-refractivity contribution in [2.45, 2.75) is 170 Å². The molecule has 2 saturated heterocycles. The average molecular weight is 775 g/mol. The fraction of sp³-hybridized carbons (Fsp3) is 0.800. The number of Topliss-reactive ketones (excluding diaryl/α,β-unsaturated/α-hetero) is 2. The molecule has 55 heavy (non-hydrogen) atoms. The Bertz CT molecular complexity index is 1340. The van der Waals surface area contributed by atoms with Gasteiger partial charge in [-0.1, -0.05) is 99.6 Å². The summed E-state index contributed by atoms with van der Waals surface area (Å²) in [6.45, 7) is 20.1. The van der Waals surface area contributed by atoms with Gasteiger partial charge in [-0.05, 0) is 63.2 Å². The van der Waals surface area contributed by atoms with Gasteiger partial charge in [0.2, 0.25) is 0 Å². The maximum absolute atomic E-state index is 13.5. The standard InChI is InChI=1S/C45H74O10/c1-12-35-17-15-13-14-16-26(3)39(48)30(7)41(50)32(9)43(52)33(10)42(51)31(8)40(49)27(4)18-21-38(47)53-44-29(6)36(20-19-35)54-45(34(44)11)23-22-25(2)37(55-45)24-28(5)46/h13-15,17-18,21,25-37,39-40,43-44,46,48-49,52H,12,16,19-20,22-24H2,1-11H3/b14-13+,17-15+,21-18+/t25-,26-,27-,28+,29+,30-,31+,32-,33+,34-,35+,36-,37-,39+,40-,43-,44+,45-/m1/s1. The number of hydrogen-bond acceptors (Lipinski definition) is 10. The zero-order valence-corrected chi connectivity index (χ0v) is 35.5. The van der Waals surface area contributed by atoms with Gasteiger partial charge in [0.15, 0.2) is 5.79 Å². The first-order valence-corrected chi connectivity index (χ1v) is 21.1. The van der Waals surface area contributed by atoms with E-state index in [0.29, 0.717) is 19.3 Å². The van der Waals surface area contributed by atoms with Gasteiger partial charge in [0.05, 0.1) is 36.6 Å². The van der Waals surface area contributed by atoms with Crippen LogP contribution in [0.25, 0.3) is 0 Å². The second-order valence-electron chi connectivity index (χ2n) is 17.7. The number of ether oxygens (including phenoxy) is 3. The van der Waals surface area contributed by atoms with E-state index in [1.807, 2.05) is 32.1 Å². The van der Waals surface area contributed by atoms with E-state index in [9.17, 15) is 34.8 Å². The second kappa shape index (κ2) is 21.0. The third-order valence-electron chi connectivity index (χ3n) is 13.4. The molecule has 3 aliphatic rings. The first-order chi connectivity index (χ1) is 25.8. The highest BCUT2D eigenvalue weighted by Gasteiger charge is 2.56. The third kappa shape index (κ3) is 11.9. The molecule has 4 N–H and O–H groups in total.